The van der Waals surface area contributed by atoms with Crippen LogP contribution in [0.25, 0.3) is 5.65 Å². The van der Waals surface area contributed by atoms with Gasteiger partial charge in [-0.15, -0.1) is 15.3 Å². The van der Waals surface area contributed by atoms with Crippen molar-refractivity contribution >= 4 is 11.6 Å². The molecule has 2 aromatic heterocycles. The zero-order chi connectivity index (χ0) is 18.9. The van der Waals surface area contributed by atoms with Crippen molar-refractivity contribution in [2.45, 2.75) is 19.2 Å². The quantitative estimate of drug-likeness (QED) is 0.741. The Morgan fingerprint density at radius 2 is 1.77 bits per heavy atom. The maximum Gasteiger partial charge on any atom is 0.453 e. The van der Waals surface area contributed by atoms with Gasteiger partial charge >= 0.3 is 6.18 Å². The van der Waals surface area contributed by atoms with Gasteiger partial charge in [-0.1, -0.05) is 0 Å². The normalized spacial score (nSPS) is 12.8. The fraction of sp³-hybridized carbons (Fsp3) is 0.200. The second kappa shape index (κ2) is 6.50. The number of hydrogen-bond acceptors (Lipinski definition) is 6. The van der Waals surface area contributed by atoms with Crippen LogP contribution in [0, 0.1) is 0 Å². The number of carbonyl (C=O) groups is 1. The average molecular weight is 367 g/mol. The molecule has 1 atom stereocenters. The van der Waals surface area contributed by atoms with E-state index >= 15 is 0 Å². The molecule has 1 amide bonds. The summed E-state index contributed by atoms with van der Waals surface area (Å²) in [6.45, 7) is 1.50. The summed E-state index contributed by atoms with van der Waals surface area (Å²) in [6.07, 6.45) is -5.50. The predicted molar refractivity (Wildman–Crippen MR) is 81.6 cm³/mol. The number of rotatable bonds is 5. The van der Waals surface area contributed by atoms with Gasteiger partial charge in [-0.2, -0.15) is 17.7 Å². The lowest BCUT2D eigenvalue weighted by atomic mass is 10.3. The van der Waals surface area contributed by atoms with Crippen LogP contribution in [0.4, 0.5) is 13.2 Å². The number of aromatic nitrogens is 4. The molecule has 0 aliphatic rings. The average Bonchev–Trinajstić information content (AvgIpc) is 3.00. The van der Waals surface area contributed by atoms with E-state index in [1.165, 1.54) is 43.3 Å². The molecule has 8 nitrogen and oxygen atoms in total. The van der Waals surface area contributed by atoms with Gasteiger partial charge in [0.05, 0.1) is 0 Å². The number of nitrogens with two attached hydrogens (primary N) is 1. The summed E-state index contributed by atoms with van der Waals surface area (Å²) in [5.41, 5.74) is 5.04. The van der Waals surface area contributed by atoms with Gasteiger partial charge in [0.1, 0.15) is 11.5 Å². The van der Waals surface area contributed by atoms with E-state index in [-0.39, 0.29) is 11.5 Å². The molecule has 2 N–H and O–H groups in total. The standard InChI is InChI=1S/C15H12F3N5O3/c1-8(13(19)24)25-9-2-4-10(5-3-9)26-12-7-6-11-20-21-14(15(16,17)18)23(11)22-12/h2-8H,1H3,(H2,19,24). The van der Waals surface area contributed by atoms with Crippen molar-refractivity contribution in [1.82, 2.24) is 19.8 Å². The molecule has 1 aromatic carbocycles. The fourth-order valence-electron chi connectivity index (χ4n) is 1.97. The molecule has 3 rings (SSSR count). The first-order valence-corrected chi connectivity index (χ1v) is 7.27. The maximum absolute atomic E-state index is 12.9. The summed E-state index contributed by atoms with van der Waals surface area (Å²) in [5.74, 6) is -1.26. The Bertz CT molecular complexity index is 940. The third-order valence-electron chi connectivity index (χ3n) is 3.25. The van der Waals surface area contributed by atoms with E-state index in [1.807, 2.05) is 0 Å². The highest BCUT2D eigenvalue weighted by atomic mass is 19.4. The Balaban J connectivity index is 1.79. The number of halogens is 3. The highest BCUT2D eigenvalue weighted by Crippen LogP contribution is 2.28. The van der Waals surface area contributed by atoms with E-state index in [4.69, 9.17) is 15.2 Å². The Morgan fingerprint density at radius 3 is 2.38 bits per heavy atom. The molecule has 0 aliphatic heterocycles. The molecular weight excluding hydrogens is 355 g/mol. The number of ether oxygens (including phenoxy) is 2. The number of primary amides is 1. The molecule has 0 aliphatic carbocycles. The Hall–Kier alpha value is -3.37. The summed E-state index contributed by atoms with van der Waals surface area (Å²) >= 11 is 0. The van der Waals surface area contributed by atoms with Gasteiger partial charge in [0.15, 0.2) is 11.8 Å². The zero-order valence-corrected chi connectivity index (χ0v) is 13.3. The molecular formula is C15H12F3N5O3. The molecule has 0 radical (unpaired) electrons. The minimum absolute atomic E-state index is 0.0612. The van der Waals surface area contributed by atoms with Gasteiger partial charge in [-0.3, -0.25) is 4.79 Å². The van der Waals surface area contributed by atoms with Crippen LogP contribution in [0.3, 0.4) is 0 Å². The lowest BCUT2D eigenvalue weighted by Crippen LogP contribution is -2.30. The van der Waals surface area contributed by atoms with E-state index in [1.54, 1.807) is 0 Å². The van der Waals surface area contributed by atoms with E-state index in [9.17, 15) is 18.0 Å². The van der Waals surface area contributed by atoms with Crippen molar-refractivity contribution < 1.29 is 27.4 Å². The van der Waals surface area contributed by atoms with Crippen LogP contribution in [-0.4, -0.2) is 31.8 Å². The monoisotopic (exact) mass is 367 g/mol. The van der Waals surface area contributed by atoms with Crippen LogP contribution in [0.15, 0.2) is 36.4 Å². The van der Waals surface area contributed by atoms with Crippen molar-refractivity contribution in [3.05, 3.63) is 42.2 Å². The van der Waals surface area contributed by atoms with Crippen LogP contribution in [0.2, 0.25) is 0 Å². The smallest absolute Gasteiger partial charge is 0.453 e. The molecule has 3 aromatic rings. The topological polar surface area (TPSA) is 105 Å². The molecule has 2 heterocycles. The molecule has 0 spiro atoms. The Labute approximate surface area is 144 Å². The van der Waals surface area contributed by atoms with Crippen molar-refractivity contribution in [2.75, 3.05) is 0 Å². The molecule has 1 unspecified atom stereocenters. The van der Waals surface area contributed by atoms with Crippen LogP contribution in [0.1, 0.15) is 12.7 Å². The van der Waals surface area contributed by atoms with Gasteiger partial charge in [-0.25, -0.2) is 0 Å². The number of carbonyl (C=O) groups excluding carboxylic acids is 1. The summed E-state index contributed by atoms with van der Waals surface area (Å²) in [5, 5.41) is 10.2. The molecule has 0 fully saturated rings. The maximum atomic E-state index is 12.9. The first-order valence-electron chi connectivity index (χ1n) is 7.27. The zero-order valence-electron chi connectivity index (χ0n) is 13.3. The number of alkyl halides is 3. The molecule has 0 saturated heterocycles. The predicted octanol–water partition coefficient (Wildman–Crippen LogP) is 2.19. The van der Waals surface area contributed by atoms with Gasteiger partial charge in [0, 0.05) is 6.07 Å². The van der Waals surface area contributed by atoms with Crippen LogP contribution < -0.4 is 15.2 Å². The summed E-state index contributed by atoms with van der Waals surface area (Å²) in [6, 6.07) is 8.72. The van der Waals surface area contributed by atoms with Crippen molar-refractivity contribution in [3.8, 4) is 17.4 Å². The molecule has 11 heteroatoms. The first-order chi connectivity index (χ1) is 12.2. The second-order valence-corrected chi connectivity index (χ2v) is 5.20. The summed E-state index contributed by atoms with van der Waals surface area (Å²) in [7, 11) is 0. The minimum atomic E-state index is -4.69. The second-order valence-electron chi connectivity index (χ2n) is 5.20. The third-order valence-corrected chi connectivity index (χ3v) is 3.25. The lowest BCUT2D eigenvalue weighted by molar-refractivity contribution is -0.146. The SMILES string of the molecule is CC(Oc1ccc(Oc2ccc3nnc(C(F)(F)F)n3n2)cc1)C(N)=O. The summed E-state index contributed by atoms with van der Waals surface area (Å²) < 4.78 is 49.9. The number of fused-ring (bicyclic) bond motifs is 1. The Kier molecular flexibility index (Phi) is 4.36. The van der Waals surface area contributed by atoms with Gasteiger partial charge in [0.25, 0.3) is 11.7 Å². The van der Waals surface area contributed by atoms with Gasteiger partial charge in [0.2, 0.25) is 5.88 Å². The molecule has 0 bridgehead atoms. The minimum Gasteiger partial charge on any atom is -0.481 e. The van der Waals surface area contributed by atoms with Gasteiger partial charge in [-0.05, 0) is 37.3 Å². The van der Waals surface area contributed by atoms with Crippen LogP contribution in [0.5, 0.6) is 17.4 Å². The van der Waals surface area contributed by atoms with Crippen LogP contribution in [-0.2, 0) is 11.0 Å². The van der Waals surface area contributed by atoms with Crippen molar-refractivity contribution in [1.29, 1.82) is 0 Å². The highest BCUT2D eigenvalue weighted by Gasteiger charge is 2.37. The van der Waals surface area contributed by atoms with E-state index < -0.39 is 24.0 Å². The van der Waals surface area contributed by atoms with Crippen molar-refractivity contribution in [2.24, 2.45) is 5.73 Å². The first kappa shape index (κ1) is 17.5. The van der Waals surface area contributed by atoms with Gasteiger partial charge < -0.3 is 15.2 Å². The number of nitrogens with zero attached hydrogens (tertiary/aromatic N) is 4. The van der Waals surface area contributed by atoms with Crippen molar-refractivity contribution in [3.63, 3.8) is 0 Å². The number of amides is 1. The van der Waals surface area contributed by atoms with Crippen LogP contribution >= 0.6 is 0 Å². The Morgan fingerprint density at radius 1 is 1.12 bits per heavy atom. The molecule has 136 valence electrons. The van der Waals surface area contributed by atoms with E-state index in [0.717, 1.165) is 0 Å². The molecule has 0 saturated carbocycles. The van der Waals surface area contributed by atoms with E-state index in [2.05, 4.69) is 15.3 Å². The van der Waals surface area contributed by atoms with E-state index in [0.29, 0.717) is 16.0 Å². The third kappa shape index (κ3) is 3.66. The molecule has 26 heavy (non-hydrogen) atoms. The lowest BCUT2D eigenvalue weighted by Gasteiger charge is -2.11. The summed E-state index contributed by atoms with van der Waals surface area (Å²) in [4.78, 5) is 11.0. The fourth-order valence-corrected chi connectivity index (χ4v) is 1.97. The number of benzene rings is 1. The largest absolute Gasteiger partial charge is 0.481 e. The number of hydrogen-bond donors (Lipinski definition) is 1. The highest BCUT2D eigenvalue weighted by molar-refractivity contribution is 5.78.